The van der Waals surface area contributed by atoms with Gasteiger partial charge in [-0.1, -0.05) is 18.2 Å². The van der Waals surface area contributed by atoms with Gasteiger partial charge in [0, 0.05) is 22.4 Å². The van der Waals surface area contributed by atoms with Gasteiger partial charge in [0.05, 0.1) is 19.9 Å². The molecule has 2 amide bonds. The molecule has 1 saturated heterocycles. The summed E-state index contributed by atoms with van der Waals surface area (Å²) in [5, 5.41) is 6.26. The predicted molar refractivity (Wildman–Crippen MR) is 130 cm³/mol. The summed E-state index contributed by atoms with van der Waals surface area (Å²) in [6.45, 7) is 1.05. The largest absolute Gasteiger partial charge is 0.493 e. The van der Waals surface area contributed by atoms with Crippen LogP contribution in [0.1, 0.15) is 31.2 Å². The molecule has 2 aromatic carbocycles. The zero-order chi connectivity index (χ0) is 22.7. The van der Waals surface area contributed by atoms with Crippen LogP contribution < -0.4 is 20.1 Å². The molecule has 6 nitrogen and oxygen atoms in total. The number of methoxy groups -OCH3 is 2. The minimum absolute atomic E-state index is 0.0778. The number of hydrogen-bond donors (Lipinski definition) is 2. The number of carbonyl (C=O) groups is 1. The quantitative estimate of drug-likeness (QED) is 0.616. The van der Waals surface area contributed by atoms with Gasteiger partial charge in [-0.3, -0.25) is 0 Å². The van der Waals surface area contributed by atoms with Gasteiger partial charge in [-0.05, 0) is 75.4 Å². The van der Waals surface area contributed by atoms with Crippen LogP contribution in [-0.2, 0) is 5.41 Å². The first kappa shape index (κ1) is 22.8. The van der Waals surface area contributed by atoms with Gasteiger partial charge in [0.1, 0.15) is 0 Å². The van der Waals surface area contributed by atoms with E-state index in [0.29, 0.717) is 6.04 Å². The van der Waals surface area contributed by atoms with Crippen LogP contribution in [0.3, 0.4) is 0 Å². The summed E-state index contributed by atoms with van der Waals surface area (Å²) >= 11 is 1.63. The molecule has 0 radical (unpaired) electrons. The van der Waals surface area contributed by atoms with E-state index < -0.39 is 0 Å². The number of amides is 2. The topological polar surface area (TPSA) is 62.8 Å². The Labute approximate surface area is 195 Å². The van der Waals surface area contributed by atoms with E-state index in [0.717, 1.165) is 54.3 Å². The number of urea groups is 1. The van der Waals surface area contributed by atoms with Crippen molar-refractivity contribution in [1.82, 2.24) is 10.2 Å². The van der Waals surface area contributed by atoms with E-state index in [1.54, 1.807) is 26.0 Å². The third kappa shape index (κ3) is 4.28. The molecule has 1 heterocycles. The lowest BCUT2D eigenvalue weighted by molar-refractivity contribution is 0.156. The number of nitrogens with zero attached hydrogens (tertiary/aromatic N) is 1. The fourth-order valence-electron chi connectivity index (χ4n) is 5.49. The second-order valence-corrected chi connectivity index (χ2v) is 9.59. The predicted octanol–water partition coefficient (Wildman–Crippen LogP) is 4.74. The van der Waals surface area contributed by atoms with Gasteiger partial charge in [0.15, 0.2) is 11.5 Å². The second-order valence-electron chi connectivity index (χ2n) is 8.74. The molecule has 1 aliphatic carbocycles. The van der Waals surface area contributed by atoms with Gasteiger partial charge in [-0.15, -0.1) is 11.8 Å². The SMILES string of the molecule is COc1ccc([C@@]23CC[C@@H](NC(=O)Nc4ccccc4SC)C[C@@H]2N(C)CC3)cc1OC. The summed E-state index contributed by atoms with van der Waals surface area (Å²) in [7, 11) is 5.55. The summed E-state index contributed by atoms with van der Waals surface area (Å²) in [4.78, 5) is 16.3. The van der Waals surface area contributed by atoms with Crippen molar-refractivity contribution in [3.05, 3.63) is 48.0 Å². The first-order valence-corrected chi connectivity index (χ1v) is 12.4. The molecule has 0 unspecified atom stereocenters. The van der Waals surface area contributed by atoms with E-state index in [2.05, 4.69) is 34.7 Å². The van der Waals surface area contributed by atoms with Gasteiger partial charge in [-0.2, -0.15) is 0 Å². The van der Waals surface area contributed by atoms with E-state index in [1.807, 2.05) is 36.6 Å². The van der Waals surface area contributed by atoms with Crippen LogP contribution >= 0.6 is 11.8 Å². The van der Waals surface area contributed by atoms with E-state index in [4.69, 9.17) is 9.47 Å². The minimum atomic E-state index is -0.129. The Balaban J connectivity index is 1.48. The Bertz CT molecular complexity index is 969. The van der Waals surface area contributed by atoms with Crippen LogP contribution in [-0.4, -0.2) is 57.1 Å². The van der Waals surface area contributed by atoms with Crippen LogP contribution in [0.15, 0.2) is 47.4 Å². The highest BCUT2D eigenvalue weighted by Crippen LogP contribution is 2.49. The van der Waals surface area contributed by atoms with Crippen LogP contribution in [0.2, 0.25) is 0 Å². The Morgan fingerprint density at radius 2 is 1.91 bits per heavy atom. The molecule has 172 valence electrons. The smallest absolute Gasteiger partial charge is 0.319 e. The molecule has 2 aromatic rings. The molecule has 0 bridgehead atoms. The second kappa shape index (κ2) is 9.63. The number of likely N-dealkylation sites (N-methyl/N-ethyl adjacent to an activating group) is 1. The fraction of sp³-hybridized carbons (Fsp3) is 0.480. The Kier molecular flexibility index (Phi) is 6.86. The fourth-order valence-corrected chi connectivity index (χ4v) is 6.04. The third-order valence-corrected chi connectivity index (χ3v) is 7.97. The highest BCUT2D eigenvalue weighted by Gasteiger charge is 2.50. The van der Waals surface area contributed by atoms with Crippen LogP contribution in [0.25, 0.3) is 0 Å². The first-order chi connectivity index (χ1) is 15.5. The lowest BCUT2D eigenvalue weighted by Crippen LogP contribution is -2.52. The number of nitrogens with one attached hydrogen (secondary N) is 2. The summed E-state index contributed by atoms with van der Waals surface area (Å²) in [6, 6.07) is 14.6. The lowest BCUT2D eigenvalue weighted by atomic mass is 9.65. The van der Waals surface area contributed by atoms with E-state index in [-0.39, 0.29) is 17.5 Å². The monoisotopic (exact) mass is 455 g/mol. The number of benzene rings is 2. The number of hydrogen-bond acceptors (Lipinski definition) is 5. The summed E-state index contributed by atoms with van der Waals surface area (Å²) in [5.41, 5.74) is 2.24. The number of thioether (sulfide) groups is 1. The normalized spacial score (nSPS) is 25.1. The molecule has 1 aliphatic heterocycles. The van der Waals surface area contributed by atoms with E-state index in [1.165, 1.54) is 5.56 Å². The summed E-state index contributed by atoms with van der Waals surface area (Å²) < 4.78 is 11.0. The minimum Gasteiger partial charge on any atom is -0.493 e. The molecule has 0 aromatic heterocycles. The van der Waals surface area contributed by atoms with Crippen LogP contribution in [0.5, 0.6) is 11.5 Å². The van der Waals surface area contributed by atoms with Crippen molar-refractivity contribution in [2.75, 3.05) is 39.4 Å². The molecule has 4 rings (SSSR count). The van der Waals surface area contributed by atoms with Crippen LogP contribution in [0.4, 0.5) is 10.5 Å². The summed E-state index contributed by atoms with van der Waals surface area (Å²) in [5.74, 6) is 1.54. The van der Waals surface area contributed by atoms with Crippen molar-refractivity contribution in [2.24, 2.45) is 0 Å². The standard InChI is InChI=1S/C25H33N3O3S/c1-28-14-13-25(17-9-10-20(30-2)21(15-17)31-3)12-11-18(16-23(25)28)26-24(29)27-19-7-5-6-8-22(19)32-4/h5-10,15,18,23H,11-14,16H2,1-4H3,(H2,26,27,29)/t18-,23+,25+/m1/s1. The number of para-hydroxylation sites is 1. The highest BCUT2D eigenvalue weighted by molar-refractivity contribution is 7.98. The molecule has 2 N–H and O–H groups in total. The zero-order valence-electron chi connectivity index (χ0n) is 19.3. The number of rotatable bonds is 6. The van der Waals surface area contributed by atoms with Gasteiger partial charge >= 0.3 is 6.03 Å². The number of likely N-dealkylation sites (tertiary alicyclic amines) is 1. The maximum Gasteiger partial charge on any atom is 0.319 e. The highest BCUT2D eigenvalue weighted by atomic mass is 32.2. The number of ether oxygens (including phenoxy) is 2. The van der Waals surface area contributed by atoms with Crippen molar-refractivity contribution in [3.8, 4) is 11.5 Å². The number of anilines is 1. The average Bonchev–Trinajstić information content (AvgIpc) is 3.16. The molecule has 7 heteroatoms. The van der Waals surface area contributed by atoms with Gasteiger partial charge in [-0.25, -0.2) is 4.79 Å². The molecule has 2 fully saturated rings. The van der Waals surface area contributed by atoms with Crippen molar-refractivity contribution in [2.45, 2.75) is 48.1 Å². The molecule has 2 aliphatic rings. The van der Waals surface area contributed by atoms with Crippen molar-refractivity contribution in [1.29, 1.82) is 0 Å². The van der Waals surface area contributed by atoms with Crippen LogP contribution in [0, 0.1) is 0 Å². The van der Waals surface area contributed by atoms with Crippen molar-refractivity contribution in [3.63, 3.8) is 0 Å². The van der Waals surface area contributed by atoms with Crippen molar-refractivity contribution < 1.29 is 14.3 Å². The van der Waals surface area contributed by atoms with Gasteiger partial charge in [0.25, 0.3) is 0 Å². The molecule has 32 heavy (non-hydrogen) atoms. The maximum atomic E-state index is 12.8. The van der Waals surface area contributed by atoms with Crippen molar-refractivity contribution >= 4 is 23.5 Å². The zero-order valence-corrected chi connectivity index (χ0v) is 20.1. The van der Waals surface area contributed by atoms with Gasteiger partial charge in [0.2, 0.25) is 0 Å². The molecular weight excluding hydrogens is 422 g/mol. The molecule has 1 saturated carbocycles. The Morgan fingerprint density at radius 1 is 1.12 bits per heavy atom. The summed E-state index contributed by atoms with van der Waals surface area (Å²) in [6.07, 6.45) is 6.05. The third-order valence-electron chi connectivity index (χ3n) is 7.18. The molecular formula is C25H33N3O3S. The van der Waals surface area contributed by atoms with E-state index in [9.17, 15) is 4.79 Å². The molecule has 0 spiro atoms. The first-order valence-electron chi connectivity index (χ1n) is 11.1. The average molecular weight is 456 g/mol. The Morgan fingerprint density at radius 3 is 2.66 bits per heavy atom. The number of carbonyl (C=O) groups excluding carboxylic acids is 1. The number of fused-ring (bicyclic) bond motifs is 1. The Hall–Kier alpha value is -2.38. The molecule has 3 atom stereocenters. The van der Waals surface area contributed by atoms with E-state index >= 15 is 0 Å². The van der Waals surface area contributed by atoms with Gasteiger partial charge < -0.3 is 25.0 Å². The maximum absolute atomic E-state index is 12.8. The lowest BCUT2D eigenvalue weighted by Gasteiger charge is -2.45.